The van der Waals surface area contributed by atoms with Crippen LogP contribution in [0.3, 0.4) is 0 Å². The number of rotatable bonds is 9. The first-order chi connectivity index (χ1) is 16.1. The van der Waals surface area contributed by atoms with Gasteiger partial charge in [-0.2, -0.15) is 0 Å². The zero-order valence-electron chi connectivity index (χ0n) is 18.6. The van der Waals surface area contributed by atoms with Gasteiger partial charge in [0.2, 0.25) is 0 Å². The van der Waals surface area contributed by atoms with Crippen LogP contribution < -0.4 is 15.4 Å². The van der Waals surface area contributed by atoms with Gasteiger partial charge >= 0.3 is 0 Å². The number of aliphatic hydroxyl groups is 1. The van der Waals surface area contributed by atoms with E-state index in [-0.39, 0.29) is 12.5 Å². The van der Waals surface area contributed by atoms with E-state index in [0.717, 1.165) is 27.9 Å². The standard InChI is InChI=1S/C24H26N6O3/c1-25-24(32)18-4-3-16(21(12-18)33-2)5-7-26-22-13-20(28-15-29-22)19-11-17-6-8-30(9-10-31)23(17)27-14-19/h3-4,6,8,11-15,31H,5,7,9-10H2,1-2H3,(H,25,32)(H,26,28,29). The Morgan fingerprint density at radius 2 is 2.03 bits per heavy atom. The number of carbonyl (C=O) groups is 1. The minimum absolute atomic E-state index is 0.0677. The molecule has 0 aliphatic carbocycles. The van der Waals surface area contributed by atoms with Crippen LogP contribution in [0, 0.1) is 0 Å². The summed E-state index contributed by atoms with van der Waals surface area (Å²) in [5.74, 6) is 1.23. The van der Waals surface area contributed by atoms with Crippen molar-refractivity contribution in [2.75, 3.05) is 32.6 Å². The zero-order chi connectivity index (χ0) is 23.2. The number of aliphatic hydroxyl groups excluding tert-OH is 1. The van der Waals surface area contributed by atoms with Gasteiger partial charge in [-0.15, -0.1) is 0 Å². The van der Waals surface area contributed by atoms with Gasteiger partial charge < -0.3 is 25.0 Å². The van der Waals surface area contributed by atoms with Gasteiger partial charge in [0.1, 0.15) is 23.5 Å². The predicted octanol–water partition coefficient (Wildman–Crippen LogP) is 2.51. The van der Waals surface area contributed by atoms with Crippen molar-refractivity contribution in [2.45, 2.75) is 13.0 Å². The van der Waals surface area contributed by atoms with Gasteiger partial charge in [0.15, 0.2) is 0 Å². The Morgan fingerprint density at radius 3 is 2.82 bits per heavy atom. The van der Waals surface area contributed by atoms with Gasteiger partial charge in [0.25, 0.3) is 5.91 Å². The Hall–Kier alpha value is -3.98. The van der Waals surface area contributed by atoms with E-state index in [9.17, 15) is 9.90 Å². The molecule has 0 spiro atoms. The number of hydrogen-bond donors (Lipinski definition) is 3. The Balaban J connectivity index is 1.45. The molecule has 0 unspecified atom stereocenters. The van der Waals surface area contributed by atoms with Crippen molar-refractivity contribution in [3.05, 3.63) is 66.2 Å². The van der Waals surface area contributed by atoms with E-state index in [1.54, 1.807) is 32.5 Å². The van der Waals surface area contributed by atoms with Crippen LogP contribution in [-0.4, -0.2) is 57.8 Å². The molecule has 3 aromatic heterocycles. The second kappa shape index (κ2) is 10.1. The lowest BCUT2D eigenvalue weighted by molar-refractivity contribution is 0.0962. The summed E-state index contributed by atoms with van der Waals surface area (Å²) in [6.07, 6.45) is 5.92. The van der Waals surface area contributed by atoms with Gasteiger partial charge in [-0.25, -0.2) is 15.0 Å². The first kappa shape index (κ1) is 22.2. The van der Waals surface area contributed by atoms with E-state index >= 15 is 0 Å². The average Bonchev–Trinajstić information content (AvgIpc) is 3.26. The summed E-state index contributed by atoms with van der Waals surface area (Å²) in [4.78, 5) is 25.1. The molecule has 9 heteroatoms. The number of nitrogens with zero attached hydrogens (tertiary/aromatic N) is 4. The molecule has 3 heterocycles. The first-order valence-corrected chi connectivity index (χ1v) is 10.6. The van der Waals surface area contributed by atoms with E-state index in [1.807, 2.05) is 35.0 Å². The molecule has 0 saturated heterocycles. The SMILES string of the molecule is CNC(=O)c1ccc(CCNc2cc(-c3cnc4c(ccn4CCO)c3)ncn2)c(OC)c1. The monoisotopic (exact) mass is 446 g/mol. The Morgan fingerprint density at radius 1 is 1.15 bits per heavy atom. The third kappa shape index (κ3) is 4.93. The molecule has 0 aliphatic rings. The summed E-state index contributed by atoms with van der Waals surface area (Å²) in [7, 11) is 3.20. The molecule has 4 rings (SSSR count). The highest BCUT2D eigenvalue weighted by Crippen LogP contribution is 2.24. The van der Waals surface area contributed by atoms with Crippen LogP contribution in [0.15, 0.2) is 55.1 Å². The number of ether oxygens (including phenoxy) is 1. The topological polar surface area (TPSA) is 114 Å². The van der Waals surface area contributed by atoms with Crippen molar-refractivity contribution < 1.29 is 14.6 Å². The third-order valence-corrected chi connectivity index (χ3v) is 5.38. The summed E-state index contributed by atoms with van der Waals surface area (Å²) >= 11 is 0. The van der Waals surface area contributed by atoms with E-state index in [1.165, 1.54) is 6.33 Å². The molecule has 0 saturated carbocycles. The number of anilines is 1. The van der Waals surface area contributed by atoms with Gasteiger partial charge in [0, 0.05) is 55.1 Å². The van der Waals surface area contributed by atoms with Gasteiger partial charge in [-0.05, 0) is 36.2 Å². The molecule has 0 aliphatic heterocycles. The van der Waals surface area contributed by atoms with Crippen LogP contribution in [0.2, 0.25) is 0 Å². The van der Waals surface area contributed by atoms with Crippen LogP contribution in [0.25, 0.3) is 22.3 Å². The summed E-state index contributed by atoms with van der Waals surface area (Å²) in [5.41, 5.74) is 4.04. The number of fused-ring (bicyclic) bond motifs is 1. The molecule has 3 N–H and O–H groups in total. The van der Waals surface area contributed by atoms with Crippen molar-refractivity contribution >= 4 is 22.8 Å². The minimum Gasteiger partial charge on any atom is -0.496 e. The number of hydrogen-bond acceptors (Lipinski definition) is 7. The quantitative estimate of drug-likeness (QED) is 0.362. The van der Waals surface area contributed by atoms with Crippen LogP contribution >= 0.6 is 0 Å². The van der Waals surface area contributed by atoms with Crippen molar-refractivity contribution in [3.8, 4) is 17.0 Å². The fraction of sp³-hybridized carbons (Fsp3) is 0.250. The highest BCUT2D eigenvalue weighted by Gasteiger charge is 2.10. The maximum atomic E-state index is 11.8. The number of amides is 1. The summed E-state index contributed by atoms with van der Waals surface area (Å²) < 4.78 is 7.37. The minimum atomic E-state index is -0.149. The largest absolute Gasteiger partial charge is 0.496 e. The van der Waals surface area contributed by atoms with Crippen LogP contribution in [-0.2, 0) is 13.0 Å². The second-order valence-electron chi connectivity index (χ2n) is 7.44. The average molecular weight is 447 g/mol. The maximum absolute atomic E-state index is 11.8. The summed E-state index contributed by atoms with van der Waals surface area (Å²) in [6.45, 7) is 1.21. The number of nitrogens with one attached hydrogen (secondary N) is 2. The highest BCUT2D eigenvalue weighted by atomic mass is 16.5. The lowest BCUT2D eigenvalue weighted by atomic mass is 10.1. The first-order valence-electron chi connectivity index (χ1n) is 10.6. The molecule has 9 nitrogen and oxygen atoms in total. The lowest BCUT2D eigenvalue weighted by Gasteiger charge is -2.11. The molecule has 0 radical (unpaired) electrons. The number of carbonyl (C=O) groups excluding carboxylic acids is 1. The van der Waals surface area contributed by atoms with Crippen LogP contribution in [0.4, 0.5) is 5.82 Å². The van der Waals surface area contributed by atoms with Crippen molar-refractivity contribution in [1.82, 2.24) is 24.8 Å². The highest BCUT2D eigenvalue weighted by molar-refractivity contribution is 5.94. The number of methoxy groups -OCH3 is 1. The van der Waals surface area contributed by atoms with Crippen molar-refractivity contribution in [2.24, 2.45) is 0 Å². The summed E-state index contributed by atoms with van der Waals surface area (Å²) in [5, 5.41) is 16.1. The molecule has 0 fully saturated rings. The molecule has 1 aromatic carbocycles. The summed E-state index contributed by atoms with van der Waals surface area (Å²) in [6, 6.07) is 11.3. The van der Waals surface area contributed by atoms with E-state index < -0.39 is 0 Å². The molecule has 0 atom stereocenters. The maximum Gasteiger partial charge on any atom is 0.251 e. The van der Waals surface area contributed by atoms with Crippen molar-refractivity contribution in [3.63, 3.8) is 0 Å². The molecule has 4 aromatic rings. The van der Waals surface area contributed by atoms with Crippen molar-refractivity contribution in [1.29, 1.82) is 0 Å². The van der Waals surface area contributed by atoms with Gasteiger partial charge in [-0.1, -0.05) is 6.07 Å². The molecule has 0 bridgehead atoms. The lowest BCUT2D eigenvalue weighted by Crippen LogP contribution is -2.18. The Kier molecular flexibility index (Phi) is 6.80. The number of pyridine rings is 1. The molecular formula is C24H26N6O3. The third-order valence-electron chi connectivity index (χ3n) is 5.38. The molecule has 33 heavy (non-hydrogen) atoms. The van der Waals surface area contributed by atoms with Crippen LogP contribution in [0.5, 0.6) is 5.75 Å². The van der Waals surface area contributed by atoms with Gasteiger partial charge in [-0.3, -0.25) is 4.79 Å². The fourth-order valence-corrected chi connectivity index (χ4v) is 3.68. The van der Waals surface area contributed by atoms with E-state index in [4.69, 9.17) is 4.74 Å². The van der Waals surface area contributed by atoms with Crippen LogP contribution in [0.1, 0.15) is 15.9 Å². The second-order valence-corrected chi connectivity index (χ2v) is 7.44. The Bertz CT molecular complexity index is 1270. The predicted molar refractivity (Wildman–Crippen MR) is 126 cm³/mol. The molecular weight excluding hydrogens is 420 g/mol. The smallest absolute Gasteiger partial charge is 0.251 e. The zero-order valence-corrected chi connectivity index (χ0v) is 18.6. The Labute approximate surface area is 191 Å². The normalized spacial score (nSPS) is 10.9. The molecule has 170 valence electrons. The van der Waals surface area contributed by atoms with E-state index in [2.05, 4.69) is 25.6 Å². The van der Waals surface area contributed by atoms with E-state index in [0.29, 0.717) is 36.6 Å². The fourth-order valence-electron chi connectivity index (χ4n) is 3.68. The number of benzene rings is 1. The van der Waals surface area contributed by atoms with Gasteiger partial charge in [0.05, 0.1) is 19.4 Å². The number of aromatic nitrogens is 4. The molecule has 1 amide bonds.